The first-order valence-electron chi connectivity index (χ1n) is 36.8. The number of unbranched alkanes of at least 4 members (excludes halogenated alkanes) is 60. The number of nitrogens with one attached hydrogen (secondary N) is 1. The molecule has 0 aliphatic heterocycles. The van der Waals surface area contributed by atoms with E-state index in [1.54, 1.807) is 4.90 Å². The second-order valence-electron chi connectivity index (χ2n) is 25.2. The van der Waals surface area contributed by atoms with Crippen LogP contribution in [0.3, 0.4) is 0 Å². The predicted molar refractivity (Wildman–Crippen MR) is 351 cm³/mol. The Balaban J connectivity index is 0. The van der Waals surface area contributed by atoms with Gasteiger partial charge in [0.25, 0.3) is 0 Å². The Morgan fingerprint density at radius 1 is 0.221 bits per heavy atom. The number of hydrogen-bond donors (Lipinski definition) is 2. The summed E-state index contributed by atoms with van der Waals surface area (Å²) < 4.78 is 0. The van der Waals surface area contributed by atoms with Gasteiger partial charge in [-0.05, 0) is 38.8 Å². The number of hydrogen-bond acceptors (Lipinski definition) is 2. The molecule has 0 aromatic rings. The van der Waals surface area contributed by atoms with Gasteiger partial charge in [-0.2, -0.15) is 0 Å². The molecule has 0 bridgehead atoms. The molecule has 0 saturated heterocycles. The van der Waals surface area contributed by atoms with Crippen LogP contribution < -0.4 is 5.32 Å². The standard InChI is InChI=1S/C37H75NO2.C36H75N/c1-3-5-7-9-11-13-15-17-19-21-23-25-27-29-31-33-35-38(37(39)40)36-34-32-30-28-26-24-22-20-18-16-14-12-10-8-6-4-2;1-3-5-7-9-11-13-15-17-19-21-23-25-27-29-31-33-35-37-36-34-32-30-28-26-24-22-20-18-16-14-12-10-8-6-4-2/h3-36H2,1-2H3,(H,39,40);37H,3-36H2,1-2H3. The molecule has 0 atom stereocenters. The highest BCUT2D eigenvalue weighted by Crippen LogP contribution is 2.19. The molecule has 2 N–H and O–H groups in total. The molecule has 4 nitrogen and oxygen atoms in total. The van der Waals surface area contributed by atoms with Gasteiger partial charge in [0.1, 0.15) is 0 Å². The highest BCUT2D eigenvalue weighted by molar-refractivity contribution is 5.64. The molecule has 77 heavy (non-hydrogen) atoms. The van der Waals surface area contributed by atoms with Crippen LogP contribution in [0, 0.1) is 0 Å². The van der Waals surface area contributed by atoms with Gasteiger partial charge < -0.3 is 15.3 Å². The summed E-state index contributed by atoms with van der Waals surface area (Å²) >= 11 is 0. The molecule has 0 aliphatic rings. The maximum Gasteiger partial charge on any atom is 0.407 e. The first-order valence-corrected chi connectivity index (χ1v) is 36.8. The van der Waals surface area contributed by atoms with Crippen LogP contribution in [0.2, 0.25) is 0 Å². The zero-order valence-corrected chi connectivity index (χ0v) is 54.4. The summed E-state index contributed by atoms with van der Waals surface area (Å²) in [5.74, 6) is 0. The van der Waals surface area contributed by atoms with Crippen LogP contribution in [0.25, 0.3) is 0 Å². The Morgan fingerprint density at radius 3 is 0.494 bits per heavy atom. The molecule has 0 fully saturated rings. The molecule has 0 aliphatic carbocycles. The van der Waals surface area contributed by atoms with E-state index in [4.69, 9.17) is 0 Å². The molecule has 0 saturated carbocycles. The van der Waals surface area contributed by atoms with Gasteiger partial charge in [0, 0.05) is 13.1 Å². The van der Waals surface area contributed by atoms with Crippen molar-refractivity contribution < 1.29 is 9.90 Å². The minimum Gasteiger partial charge on any atom is -0.465 e. The average Bonchev–Trinajstić information content (AvgIpc) is 3.43. The minimum absolute atomic E-state index is 0.720. The molecule has 1 amide bonds. The van der Waals surface area contributed by atoms with Crippen molar-refractivity contribution in [3.05, 3.63) is 0 Å². The first kappa shape index (κ1) is 78.3. The smallest absolute Gasteiger partial charge is 0.407 e. The average molecular weight is 1090 g/mol. The van der Waals surface area contributed by atoms with Crippen LogP contribution >= 0.6 is 0 Å². The summed E-state index contributed by atoms with van der Waals surface area (Å²) in [6, 6.07) is 0. The van der Waals surface area contributed by atoms with Gasteiger partial charge in [-0.25, -0.2) is 4.79 Å². The van der Waals surface area contributed by atoms with Crippen LogP contribution in [0.4, 0.5) is 4.79 Å². The van der Waals surface area contributed by atoms with Crippen molar-refractivity contribution in [1.82, 2.24) is 10.2 Å². The number of amides is 1. The molecule has 0 heterocycles. The Hall–Kier alpha value is -0.770. The zero-order chi connectivity index (χ0) is 55.9. The largest absolute Gasteiger partial charge is 0.465 e. The summed E-state index contributed by atoms with van der Waals surface area (Å²) in [5.41, 5.74) is 0. The van der Waals surface area contributed by atoms with Gasteiger partial charge in [-0.1, -0.05) is 413 Å². The van der Waals surface area contributed by atoms with E-state index in [1.807, 2.05) is 0 Å². The molecular formula is C73H150N2O2. The Kier molecular flexibility index (Phi) is 76.5. The SMILES string of the molecule is CCCCCCCCCCCCCCCCCCN(CCCCCCCCCCCCCCCCCC)C(=O)O.CCCCCCCCCCCCCCCCCCNCCCCCCCCCCCCCCCCCC. The second kappa shape index (κ2) is 75.2. The topological polar surface area (TPSA) is 52.6 Å². The molecular weight excluding hydrogens is 937 g/mol. The maximum atomic E-state index is 11.6. The van der Waals surface area contributed by atoms with Gasteiger partial charge in [0.05, 0.1) is 0 Å². The molecule has 4 heteroatoms. The number of nitrogens with zero attached hydrogens (tertiary/aromatic N) is 1. The van der Waals surface area contributed by atoms with E-state index in [2.05, 4.69) is 33.0 Å². The minimum atomic E-state index is -0.720. The van der Waals surface area contributed by atoms with Crippen LogP contribution in [-0.2, 0) is 0 Å². The Labute approximate surface area is 488 Å². The number of carbonyl (C=O) groups is 1. The van der Waals surface area contributed by atoms with Crippen LogP contribution in [-0.4, -0.2) is 42.3 Å². The first-order chi connectivity index (χ1) is 38.1. The van der Waals surface area contributed by atoms with Crippen molar-refractivity contribution in [2.75, 3.05) is 26.2 Å². The lowest BCUT2D eigenvalue weighted by molar-refractivity contribution is 0.143. The van der Waals surface area contributed by atoms with Gasteiger partial charge >= 0.3 is 6.09 Å². The lowest BCUT2D eigenvalue weighted by Crippen LogP contribution is -2.31. The van der Waals surface area contributed by atoms with Crippen molar-refractivity contribution in [3.63, 3.8) is 0 Å². The molecule has 0 spiro atoms. The van der Waals surface area contributed by atoms with E-state index in [0.29, 0.717) is 0 Å². The lowest BCUT2D eigenvalue weighted by atomic mass is 10.0. The number of rotatable bonds is 68. The maximum absolute atomic E-state index is 11.6. The van der Waals surface area contributed by atoms with Crippen LogP contribution in [0.15, 0.2) is 0 Å². The van der Waals surface area contributed by atoms with Gasteiger partial charge in [0.2, 0.25) is 0 Å². The molecule has 0 unspecified atom stereocenters. The number of carboxylic acid groups (broad SMARTS) is 1. The third-order valence-electron chi connectivity index (χ3n) is 17.2. The molecule has 0 rings (SSSR count). The van der Waals surface area contributed by atoms with E-state index < -0.39 is 6.09 Å². The van der Waals surface area contributed by atoms with Gasteiger partial charge in [-0.3, -0.25) is 0 Å². The summed E-state index contributed by atoms with van der Waals surface area (Å²) in [7, 11) is 0. The quantitative estimate of drug-likeness (QED) is 0.0597. The summed E-state index contributed by atoms with van der Waals surface area (Å²) in [6.45, 7) is 13.1. The monoisotopic (exact) mass is 1090 g/mol. The zero-order valence-electron chi connectivity index (χ0n) is 54.4. The molecule has 464 valence electrons. The second-order valence-corrected chi connectivity index (χ2v) is 25.2. The lowest BCUT2D eigenvalue weighted by Gasteiger charge is -2.19. The Bertz CT molecular complexity index is 933. The highest BCUT2D eigenvalue weighted by Gasteiger charge is 2.10. The van der Waals surface area contributed by atoms with E-state index in [1.165, 1.54) is 411 Å². The van der Waals surface area contributed by atoms with Crippen molar-refractivity contribution >= 4 is 6.09 Å². The van der Waals surface area contributed by atoms with Gasteiger partial charge in [0.15, 0.2) is 0 Å². The predicted octanol–water partition coefficient (Wildman–Crippen LogP) is 26.6. The van der Waals surface area contributed by atoms with E-state index in [9.17, 15) is 9.90 Å². The van der Waals surface area contributed by atoms with Gasteiger partial charge in [-0.15, -0.1) is 0 Å². The fraction of sp³-hybridized carbons (Fsp3) is 0.986. The van der Waals surface area contributed by atoms with Crippen molar-refractivity contribution in [2.24, 2.45) is 0 Å². The van der Waals surface area contributed by atoms with E-state index >= 15 is 0 Å². The van der Waals surface area contributed by atoms with E-state index in [0.717, 1.165) is 25.9 Å². The summed E-state index contributed by atoms with van der Waals surface area (Å²) in [6.07, 6.45) is 89.5. The van der Waals surface area contributed by atoms with Crippen molar-refractivity contribution in [2.45, 2.75) is 439 Å². The van der Waals surface area contributed by atoms with E-state index in [-0.39, 0.29) is 0 Å². The molecule has 0 radical (unpaired) electrons. The van der Waals surface area contributed by atoms with Crippen LogP contribution in [0.5, 0.6) is 0 Å². The fourth-order valence-corrected chi connectivity index (χ4v) is 11.7. The normalized spacial score (nSPS) is 11.4. The van der Waals surface area contributed by atoms with Crippen molar-refractivity contribution in [3.8, 4) is 0 Å². The Morgan fingerprint density at radius 2 is 0.351 bits per heavy atom. The molecule has 0 aromatic carbocycles. The highest BCUT2D eigenvalue weighted by atomic mass is 16.4. The van der Waals surface area contributed by atoms with Crippen LogP contribution in [0.1, 0.15) is 439 Å². The van der Waals surface area contributed by atoms with Crippen molar-refractivity contribution in [1.29, 1.82) is 0 Å². The third-order valence-corrected chi connectivity index (χ3v) is 17.2. The fourth-order valence-electron chi connectivity index (χ4n) is 11.7. The summed E-state index contributed by atoms with van der Waals surface area (Å²) in [5, 5.41) is 13.2. The third kappa shape index (κ3) is 75.2. The molecule has 0 aromatic heterocycles. The summed E-state index contributed by atoms with van der Waals surface area (Å²) in [4.78, 5) is 13.3.